The van der Waals surface area contributed by atoms with Crippen molar-refractivity contribution < 1.29 is 4.74 Å². The van der Waals surface area contributed by atoms with E-state index in [4.69, 9.17) is 10.5 Å². The Balaban J connectivity index is 3.06. The van der Waals surface area contributed by atoms with Crippen molar-refractivity contribution in [1.82, 2.24) is 10.2 Å². The molecule has 1 rings (SSSR count). The zero-order valence-electron chi connectivity index (χ0n) is 11.2. The maximum atomic E-state index is 5.82. The van der Waals surface area contributed by atoms with Crippen LogP contribution in [0.5, 0.6) is 0 Å². The number of nitrogens with two attached hydrogens (primary N) is 1. The van der Waals surface area contributed by atoms with Crippen molar-refractivity contribution >= 4 is 5.82 Å². The van der Waals surface area contributed by atoms with Gasteiger partial charge in [-0.15, -0.1) is 5.10 Å². The fraction of sp³-hybridized carbons (Fsp3) is 0.667. The van der Waals surface area contributed by atoms with Gasteiger partial charge in [-0.2, -0.15) is 5.10 Å². The molecule has 0 saturated carbocycles. The van der Waals surface area contributed by atoms with E-state index in [1.165, 1.54) is 0 Å². The zero-order valence-corrected chi connectivity index (χ0v) is 11.2. The fourth-order valence-corrected chi connectivity index (χ4v) is 1.76. The van der Waals surface area contributed by atoms with E-state index in [1.807, 2.05) is 13.8 Å². The molecule has 0 bridgehead atoms. The van der Waals surface area contributed by atoms with Crippen LogP contribution in [0.15, 0.2) is 0 Å². The lowest BCUT2D eigenvalue weighted by Gasteiger charge is -2.24. The predicted octanol–water partition coefficient (Wildman–Crippen LogP) is 1.02. The Kier molecular flexibility index (Phi) is 5.31. The Morgan fingerprint density at radius 3 is 2.53 bits per heavy atom. The molecule has 0 spiro atoms. The number of hydrogen-bond donors (Lipinski definition) is 1. The summed E-state index contributed by atoms with van der Waals surface area (Å²) in [5.41, 5.74) is 8.97. The molecule has 1 aromatic heterocycles. The lowest BCUT2D eigenvalue weighted by Crippen LogP contribution is -2.30. The van der Waals surface area contributed by atoms with E-state index in [-0.39, 0.29) is 0 Å². The van der Waals surface area contributed by atoms with Crippen molar-refractivity contribution in [3.8, 4) is 0 Å². The highest BCUT2D eigenvalue weighted by atomic mass is 16.5. The topological polar surface area (TPSA) is 64.3 Å². The van der Waals surface area contributed by atoms with Crippen LogP contribution in [0.4, 0.5) is 5.82 Å². The van der Waals surface area contributed by atoms with E-state index in [0.717, 1.165) is 35.7 Å². The van der Waals surface area contributed by atoms with Gasteiger partial charge in [-0.1, -0.05) is 0 Å². The van der Waals surface area contributed by atoms with E-state index in [0.29, 0.717) is 13.2 Å². The summed E-state index contributed by atoms with van der Waals surface area (Å²) in [6.07, 6.45) is 0. The van der Waals surface area contributed by atoms with Crippen LogP contribution in [0.25, 0.3) is 0 Å². The zero-order chi connectivity index (χ0) is 12.8. The van der Waals surface area contributed by atoms with Crippen LogP contribution in [0.2, 0.25) is 0 Å². The van der Waals surface area contributed by atoms with Gasteiger partial charge in [-0.25, -0.2) is 0 Å². The monoisotopic (exact) mass is 238 g/mol. The van der Waals surface area contributed by atoms with Crippen molar-refractivity contribution in [1.29, 1.82) is 0 Å². The third-order valence-corrected chi connectivity index (χ3v) is 3.01. The molecule has 0 aliphatic carbocycles. The average Bonchev–Trinajstić information content (AvgIpc) is 2.34. The van der Waals surface area contributed by atoms with Crippen LogP contribution in [0.1, 0.15) is 23.7 Å². The summed E-state index contributed by atoms with van der Waals surface area (Å²) in [6.45, 7) is 8.92. The van der Waals surface area contributed by atoms with Gasteiger partial charge in [0.15, 0.2) is 5.82 Å². The van der Waals surface area contributed by atoms with Crippen molar-refractivity contribution in [3.63, 3.8) is 0 Å². The van der Waals surface area contributed by atoms with Gasteiger partial charge in [-0.3, -0.25) is 0 Å². The van der Waals surface area contributed by atoms with Crippen molar-refractivity contribution in [2.24, 2.45) is 5.73 Å². The van der Waals surface area contributed by atoms with E-state index < -0.39 is 0 Å². The second-order valence-electron chi connectivity index (χ2n) is 3.99. The molecule has 1 heterocycles. The molecule has 2 N–H and O–H groups in total. The molecule has 0 saturated heterocycles. The molecule has 0 aliphatic rings. The summed E-state index contributed by atoms with van der Waals surface area (Å²) >= 11 is 0. The van der Waals surface area contributed by atoms with Crippen molar-refractivity contribution in [3.05, 3.63) is 16.8 Å². The Morgan fingerprint density at radius 2 is 2.00 bits per heavy atom. The summed E-state index contributed by atoms with van der Waals surface area (Å²) in [5.74, 6) is 0.884. The van der Waals surface area contributed by atoms with Gasteiger partial charge in [0.05, 0.1) is 12.3 Å². The first-order valence-electron chi connectivity index (χ1n) is 5.92. The highest BCUT2D eigenvalue weighted by molar-refractivity contribution is 5.50. The van der Waals surface area contributed by atoms with Crippen LogP contribution < -0.4 is 10.6 Å². The van der Waals surface area contributed by atoms with Crippen LogP contribution in [-0.4, -0.2) is 37.0 Å². The molecule has 5 nitrogen and oxygen atoms in total. The highest BCUT2D eigenvalue weighted by Crippen LogP contribution is 2.21. The summed E-state index contributed by atoms with van der Waals surface area (Å²) in [6, 6.07) is 0. The predicted molar refractivity (Wildman–Crippen MR) is 69.2 cm³/mol. The van der Waals surface area contributed by atoms with Gasteiger partial charge in [0, 0.05) is 32.3 Å². The number of hydrogen-bond acceptors (Lipinski definition) is 5. The molecular formula is C12H22N4O. The number of anilines is 1. The minimum absolute atomic E-state index is 0.487. The third-order valence-electron chi connectivity index (χ3n) is 3.01. The van der Waals surface area contributed by atoms with Crippen LogP contribution in [0, 0.1) is 13.8 Å². The van der Waals surface area contributed by atoms with Gasteiger partial charge in [0.2, 0.25) is 0 Å². The smallest absolute Gasteiger partial charge is 0.156 e. The molecule has 0 amide bonds. The van der Waals surface area contributed by atoms with Gasteiger partial charge in [0.25, 0.3) is 0 Å². The number of aromatic nitrogens is 2. The van der Waals surface area contributed by atoms with E-state index in [9.17, 15) is 0 Å². The molecule has 0 unspecified atom stereocenters. The van der Waals surface area contributed by atoms with Crippen LogP contribution >= 0.6 is 0 Å². The Bertz CT molecular complexity index is 368. The van der Waals surface area contributed by atoms with Crippen molar-refractivity contribution in [2.45, 2.75) is 27.3 Å². The van der Waals surface area contributed by atoms with Gasteiger partial charge >= 0.3 is 0 Å². The molecule has 5 heteroatoms. The number of methoxy groups -OCH3 is 1. The van der Waals surface area contributed by atoms with E-state index >= 15 is 0 Å². The van der Waals surface area contributed by atoms with Crippen LogP contribution in [0.3, 0.4) is 0 Å². The molecular weight excluding hydrogens is 216 g/mol. The minimum Gasteiger partial charge on any atom is -0.383 e. The largest absolute Gasteiger partial charge is 0.383 e. The normalized spacial score (nSPS) is 10.6. The lowest BCUT2D eigenvalue weighted by molar-refractivity contribution is 0.205. The van der Waals surface area contributed by atoms with Crippen molar-refractivity contribution in [2.75, 3.05) is 31.7 Å². The minimum atomic E-state index is 0.487. The number of ether oxygens (including phenoxy) is 1. The molecule has 0 fully saturated rings. The first-order chi connectivity index (χ1) is 8.15. The second kappa shape index (κ2) is 6.51. The molecule has 1 aromatic rings. The first kappa shape index (κ1) is 13.9. The standard InChI is InChI=1S/C12H22N4O/c1-5-16(6-7-17-4)12-11(8-13)9(2)10(3)14-15-12/h5-8,13H2,1-4H3. The fourth-order valence-electron chi connectivity index (χ4n) is 1.76. The Hall–Kier alpha value is -1.20. The SMILES string of the molecule is CCN(CCOC)c1nnc(C)c(C)c1CN. The summed E-state index contributed by atoms with van der Waals surface area (Å²) in [4.78, 5) is 2.14. The molecule has 96 valence electrons. The summed E-state index contributed by atoms with van der Waals surface area (Å²) in [7, 11) is 1.70. The van der Waals surface area contributed by atoms with Crippen LogP contribution in [-0.2, 0) is 11.3 Å². The number of nitrogens with zero attached hydrogens (tertiary/aromatic N) is 3. The van der Waals surface area contributed by atoms with Gasteiger partial charge < -0.3 is 15.4 Å². The molecule has 0 aromatic carbocycles. The quantitative estimate of drug-likeness (QED) is 0.801. The Morgan fingerprint density at radius 1 is 1.29 bits per heavy atom. The number of rotatable bonds is 6. The number of aryl methyl sites for hydroxylation is 1. The molecule has 0 atom stereocenters. The highest BCUT2D eigenvalue weighted by Gasteiger charge is 2.14. The summed E-state index contributed by atoms with van der Waals surface area (Å²) < 4.78 is 5.10. The summed E-state index contributed by atoms with van der Waals surface area (Å²) in [5, 5.41) is 8.45. The maximum absolute atomic E-state index is 5.82. The lowest BCUT2D eigenvalue weighted by atomic mass is 10.1. The second-order valence-corrected chi connectivity index (χ2v) is 3.99. The maximum Gasteiger partial charge on any atom is 0.156 e. The molecule has 17 heavy (non-hydrogen) atoms. The first-order valence-corrected chi connectivity index (χ1v) is 5.92. The molecule has 0 aliphatic heterocycles. The Labute approximate surface area is 103 Å². The third kappa shape index (κ3) is 3.14. The average molecular weight is 238 g/mol. The number of likely N-dealkylation sites (N-methyl/N-ethyl adjacent to an activating group) is 1. The van der Waals surface area contributed by atoms with E-state index in [2.05, 4.69) is 22.0 Å². The van der Waals surface area contributed by atoms with E-state index in [1.54, 1.807) is 7.11 Å². The van der Waals surface area contributed by atoms with Gasteiger partial charge in [0.1, 0.15) is 0 Å². The molecule has 0 radical (unpaired) electrons. The van der Waals surface area contributed by atoms with Gasteiger partial charge in [-0.05, 0) is 26.3 Å².